The van der Waals surface area contributed by atoms with Crippen LogP contribution in [0.3, 0.4) is 0 Å². The SMILES string of the molecule is O=c1c(Cl)c(N2CCN(CC3CC3)CC2)cnn1-c1ccc(F)cc1F. The fourth-order valence-electron chi connectivity index (χ4n) is 3.31. The smallest absolute Gasteiger partial charge is 0.292 e. The molecule has 26 heavy (non-hydrogen) atoms. The minimum atomic E-state index is -0.864. The Kier molecular flexibility index (Phi) is 4.67. The first kappa shape index (κ1) is 17.4. The van der Waals surface area contributed by atoms with Crippen molar-refractivity contribution in [2.45, 2.75) is 12.8 Å². The summed E-state index contributed by atoms with van der Waals surface area (Å²) >= 11 is 6.27. The van der Waals surface area contributed by atoms with Gasteiger partial charge in [-0.25, -0.2) is 8.78 Å². The molecule has 1 aromatic carbocycles. The van der Waals surface area contributed by atoms with E-state index in [1.807, 2.05) is 4.90 Å². The molecule has 0 N–H and O–H groups in total. The maximum Gasteiger partial charge on any atom is 0.292 e. The molecule has 2 aliphatic rings. The summed E-state index contributed by atoms with van der Waals surface area (Å²) in [5.41, 5.74) is -0.185. The third kappa shape index (κ3) is 3.46. The number of hydrogen-bond acceptors (Lipinski definition) is 4. The molecule has 0 amide bonds. The molecule has 5 nitrogen and oxygen atoms in total. The number of anilines is 1. The fourth-order valence-corrected chi connectivity index (χ4v) is 3.55. The Balaban J connectivity index is 1.55. The highest BCUT2D eigenvalue weighted by molar-refractivity contribution is 6.33. The van der Waals surface area contributed by atoms with E-state index < -0.39 is 17.2 Å². The van der Waals surface area contributed by atoms with Gasteiger partial charge in [-0.05, 0) is 30.9 Å². The molecule has 138 valence electrons. The summed E-state index contributed by atoms with van der Waals surface area (Å²) in [6, 6.07) is 2.96. The summed E-state index contributed by atoms with van der Waals surface area (Å²) in [7, 11) is 0. The molecule has 0 spiro atoms. The second kappa shape index (κ2) is 6.96. The number of hydrogen-bond donors (Lipinski definition) is 0. The van der Waals surface area contributed by atoms with Crippen LogP contribution in [0, 0.1) is 17.6 Å². The van der Waals surface area contributed by atoms with Crippen molar-refractivity contribution >= 4 is 17.3 Å². The normalized spacial score (nSPS) is 18.3. The lowest BCUT2D eigenvalue weighted by Crippen LogP contribution is -2.47. The molecule has 4 rings (SSSR count). The Bertz CT molecular complexity index is 876. The zero-order chi connectivity index (χ0) is 18.3. The average molecular weight is 381 g/mol. The lowest BCUT2D eigenvalue weighted by atomic mass is 10.2. The third-order valence-electron chi connectivity index (χ3n) is 4.96. The molecule has 1 aliphatic carbocycles. The van der Waals surface area contributed by atoms with Gasteiger partial charge in [-0.1, -0.05) is 11.6 Å². The van der Waals surface area contributed by atoms with Gasteiger partial charge >= 0.3 is 0 Å². The van der Waals surface area contributed by atoms with Crippen molar-refractivity contribution in [3.8, 4) is 5.69 Å². The Morgan fingerprint density at radius 2 is 1.85 bits per heavy atom. The summed E-state index contributed by atoms with van der Waals surface area (Å²) in [6.07, 6.45) is 4.13. The van der Waals surface area contributed by atoms with Gasteiger partial charge in [0.1, 0.15) is 16.5 Å². The van der Waals surface area contributed by atoms with Gasteiger partial charge in [-0.3, -0.25) is 9.69 Å². The zero-order valence-electron chi connectivity index (χ0n) is 14.2. The summed E-state index contributed by atoms with van der Waals surface area (Å²) < 4.78 is 27.9. The maximum absolute atomic E-state index is 14.0. The number of nitrogens with zero attached hydrogens (tertiary/aromatic N) is 4. The summed E-state index contributed by atoms with van der Waals surface area (Å²) in [5, 5.41) is 4.05. The van der Waals surface area contributed by atoms with E-state index in [1.54, 1.807) is 0 Å². The Hall–Kier alpha value is -1.99. The molecule has 0 atom stereocenters. The van der Waals surface area contributed by atoms with Crippen LogP contribution in [0.2, 0.25) is 5.02 Å². The predicted molar refractivity (Wildman–Crippen MR) is 96.1 cm³/mol. The molecular formula is C18H19ClF2N4O. The molecule has 1 aliphatic heterocycles. The lowest BCUT2D eigenvalue weighted by molar-refractivity contribution is 0.248. The minimum absolute atomic E-state index is 0.000585. The van der Waals surface area contributed by atoms with Gasteiger partial charge < -0.3 is 4.90 Å². The second-order valence-corrected chi connectivity index (χ2v) is 7.27. The molecule has 0 bridgehead atoms. The van der Waals surface area contributed by atoms with E-state index in [-0.39, 0.29) is 10.7 Å². The van der Waals surface area contributed by atoms with Crippen LogP contribution in [0.5, 0.6) is 0 Å². The Labute approximate surface area is 154 Å². The lowest BCUT2D eigenvalue weighted by Gasteiger charge is -2.36. The monoisotopic (exact) mass is 380 g/mol. The van der Waals surface area contributed by atoms with Gasteiger partial charge in [0, 0.05) is 38.8 Å². The van der Waals surface area contributed by atoms with Crippen molar-refractivity contribution in [1.82, 2.24) is 14.7 Å². The van der Waals surface area contributed by atoms with Crippen molar-refractivity contribution in [3.63, 3.8) is 0 Å². The van der Waals surface area contributed by atoms with E-state index in [2.05, 4.69) is 10.00 Å². The largest absolute Gasteiger partial charge is 0.366 e. The molecule has 2 aromatic rings. The average Bonchev–Trinajstić information content (AvgIpc) is 3.43. The van der Waals surface area contributed by atoms with Gasteiger partial charge in [0.25, 0.3) is 5.56 Å². The van der Waals surface area contributed by atoms with E-state index in [9.17, 15) is 13.6 Å². The van der Waals surface area contributed by atoms with Crippen LogP contribution in [0.4, 0.5) is 14.5 Å². The van der Waals surface area contributed by atoms with Crippen molar-refractivity contribution < 1.29 is 8.78 Å². The van der Waals surface area contributed by atoms with Gasteiger partial charge in [0.15, 0.2) is 5.82 Å². The van der Waals surface area contributed by atoms with Gasteiger partial charge in [-0.15, -0.1) is 0 Å². The Morgan fingerprint density at radius 3 is 2.50 bits per heavy atom. The zero-order valence-corrected chi connectivity index (χ0v) is 14.9. The van der Waals surface area contributed by atoms with E-state index in [0.29, 0.717) is 11.8 Å². The van der Waals surface area contributed by atoms with Gasteiger partial charge in [0.2, 0.25) is 0 Å². The number of piperazine rings is 1. The maximum atomic E-state index is 14.0. The molecule has 1 saturated carbocycles. The number of benzene rings is 1. The summed E-state index contributed by atoms with van der Waals surface area (Å²) in [5.74, 6) is -0.732. The molecule has 8 heteroatoms. The van der Waals surface area contributed by atoms with Crippen molar-refractivity contribution in [2.75, 3.05) is 37.6 Å². The van der Waals surface area contributed by atoms with Crippen LogP contribution in [0.1, 0.15) is 12.8 Å². The highest BCUT2D eigenvalue weighted by Crippen LogP contribution is 2.30. The molecule has 2 heterocycles. The summed E-state index contributed by atoms with van der Waals surface area (Å²) in [6.45, 7) is 4.52. The quantitative estimate of drug-likeness (QED) is 0.817. The first-order valence-electron chi connectivity index (χ1n) is 8.73. The van der Waals surface area contributed by atoms with Crippen LogP contribution < -0.4 is 10.5 Å². The minimum Gasteiger partial charge on any atom is -0.366 e. The van der Waals surface area contributed by atoms with E-state index in [1.165, 1.54) is 25.1 Å². The van der Waals surface area contributed by atoms with Gasteiger partial charge in [0.05, 0.1) is 11.9 Å². The van der Waals surface area contributed by atoms with Crippen LogP contribution >= 0.6 is 11.6 Å². The third-order valence-corrected chi connectivity index (χ3v) is 5.32. The number of halogens is 3. The van der Waals surface area contributed by atoms with Crippen LogP contribution in [0.25, 0.3) is 5.69 Å². The first-order chi connectivity index (χ1) is 12.5. The molecule has 0 radical (unpaired) electrons. The van der Waals surface area contributed by atoms with Crippen LogP contribution in [-0.2, 0) is 0 Å². The van der Waals surface area contributed by atoms with Crippen molar-refractivity contribution in [2.24, 2.45) is 5.92 Å². The molecule has 2 fully saturated rings. The number of aromatic nitrogens is 2. The number of rotatable bonds is 4. The van der Waals surface area contributed by atoms with Crippen LogP contribution in [0.15, 0.2) is 29.2 Å². The van der Waals surface area contributed by atoms with Gasteiger partial charge in [-0.2, -0.15) is 9.78 Å². The van der Waals surface area contributed by atoms with Crippen molar-refractivity contribution in [1.29, 1.82) is 0 Å². The first-order valence-corrected chi connectivity index (χ1v) is 9.11. The second-order valence-electron chi connectivity index (χ2n) is 6.89. The summed E-state index contributed by atoms with van der Waals surface area (Å²) in [4.78, 5) is 17.0. The molecule has 1 saturated heterocycles. The predicted octanol–water partition coefficient (Wildman–Crippen LogP) is 2.70. The fraction of sp³-hybridized carbons (Fsp3) is 0.444. The van der Waals surface area contributed by atoms with Crippen molar-refractivity contribution in [3.05, 3.63) is 51.4 Å². The van der Waals surface area contributed by atoms with Crippen LogP contribution in [-0.4, -0.2) is 47.4 Å². The standard InChI is InChI=1S/C18H19ClF2N4O/c19-17-16(24-7-5-23(6-8-24)11-12-1-2-12)10-22-25(18(17)26)15-4-3-13(20)9-14(15)21/h3-4,9-10,12H,1-2,5-8,11H2. The Morgan fingerprint density at radius 1 is 1.12 bits per heavy atom. The molecule has 1 aromatic heterocycles. The molecular weight excluding hydrogens is 362 g/mol. The van der Waals surface area contributed by atoms with E-state index >= 15 is 0 Å². The highest BCUT2D eigenvalue weighted by atomic mass is 35.5. The topological polar surface area (TPSA) is 41.4 Å². The molecule has 0 unspecified atom stereocenters. The van der Waals surface area contributed by atoms with E-state index in [0.717, 1.165) is 49.4 Å². The highest BCUT2D eigenvalue weighted by Gasteiger charge is 2.27. The van der Waals surface area contributed by atoms with E-state index in [4.69, 9.17) is 11.6 Å².